The molecular weight excluding hydrogens is 306 g/mol. The highest BCUT2D eigenvalue weighted by Gasteiger charge is 2.24. The van der Waals surface area contributed by atoms with Crippen molar-refractivity contribution in [3.63, 3.8) is 0 Å². The van der Waals surface area contributed by atoms with Gasteiger partial charge < -0.3 is 9.32 Å². The lowest BCUT2D eigenvalue weighted by atomic mass is 10.1. The molecular formula is C16H16ClNO2S. The smallest absolute Gasteiger partial charge is 0.255 e. The maximum absolute atomic E-state index is 12.6. The maximum atomic E-state index is 12.6. The Kier molecular flexibility index (Phi) is 4.56. The summed E-state index contributed by atoms with van der Waals surface area (Å²) in [4.78, 5) is 14.5. The highest BCUT2D eigenvalue weighted by Crippen LogP contribution is 2.35. The van der Waals surface area contributed by atoms with Crippen LogP contribution in [0.5, 0.6) is 0 Å². The van der Waals surface area contributed by atoms with E-state index in [9.17, 15) is 4.79 Å². The highest BCUT2D eigenvalue weighted by molar-refractivity contribution is 7.99. The minimum absolute atomic E-state index is 0.0151. The average molecular weight is 322 g/mol. The zero-order valence-electron chi connectivity index (χ0n) is 11.5. The van der Waals surface area contributed by atoms with Crippen molar-refractivity contribution in [3.8, 4) is 0 Å². The third-order valence-corrected chi connectivity index (χ3v) is 5.21. The summed E-state index contributed by atoms with van der Waals surface area (Å²) in [7, 11) is 0. The van der Waals surface area contributed by atoms with Crippen LogP contribution in [0.2, 0.25) is 5.02 Å². The molecule has 0 unspecified atom stereocenters. The van der Waals surface area contributed by atoms with Crippen molar-refractivity contribution in [2.45, 2.75) is 11.7 Å². The molecule has 21 heavy (non-hydrogen) atoms. The summed E-state index contributed by atoms with van der Waals surface area (Å²) in [5, 5.41) is 0.839. The van der Waals surface area contributed by atoms with E-state index in [2.05, 4.69) is 0 Å². The van der Waals surface area contributed by atoms with Gasteiger partial charge in [0.15, 0.2) is 0 Å². The summed E-state index contributed by atoms with van der Waals surface area (Å²) < 4.78 is 5.48. The first kappa shape index (κ1) is 14.5. The number of rotatable bonds is 2. The van der Waals surface area contributed by atoms with Crippen molar-refractivity contribution in [3.05, 3.63) is 59.0 Å². The summed E-state index contributed by atoms with van der Waals surface area (Å²) in [6, 6.07) is 11.1. The van der Waals surface area contributed by atoms with Crippen molar-refractivity contribution < 1.29 is 9.21 Å². The molecule has 110 valence electrons. The molecule has 0 radical (unpaired) electrons. The summed E-state index contributed by atoms with van der Waals surface area (Å²) in [5.74, 6) is 1.91. The van der Waals surface area contributed by atoms with Gasteiger partial charge in [0.1, 0.15) is 5.76 Å². The quantitative estimate of drug-likeness (QED) is 0.829. The fraction of sp³-hybridized carbons (Fsp3) is 0.312. The lowest BCUT2D eigenvalue weighted by Crippen LogP contribution is -2.33. The molecule has 3 nitrogen and oxygen atoms in total. The normalized spacial score (nSPS) is 19.3. The van der Waals surface area contributed by atoms with E-state index in [1.807, 2.05) is 40.9 Å². The standard InChI is InChI=1S/C16H16ClNO2S/c17-13-5-2-1-4-12(13)16(19)18-8-7-15(21-11-9-18)14-6-3-10-20-14/h1-6,10,15H,7-9,11H2/t15-/m1/s1. The molecule has 1 aliphatic rings. The van der Waals surface area contributed by atoms with Gasteiger partial charge in [-0.15, -0.1) is 11.8 Å². The van der Waals surface area contributed by atoms with Gasteiger partial charge in [0.25, 0.3) is 5.91 Å². The molecule has 0 N–H and O–H groups in total. The number of amides is 1. The number of halogens is 1. The summed E-state index contributed by atoms with van der Waals surface area (Å²) in [6.45, 7) is 1.47. The van der Waals surface area contributed by atoms with E-state index in [0.29, 0.717) is 15.8 Å². The second-order valence-corrected chi connectivity index (χ2v) is 6.65. The number of carbonyl (C=O) groups excluding carboxylic acids is 1. The van der Waals surface area contributed by atoms with Gasteiger partial charge in [0.05, 0.1) is 22.1 Å². The lowest BCUT2D eigenvalue weighted by molar-refractivity contribution is 0.0766. The zero-order valence-corrected chi connectivity index (χ0v) is 13.1. The van der Waals surface area contributed by atoms with Crippen LogP contribution in [0, 0.1) is 0 Å². The Hall–Kier alpha value is -1.39. The molecule has 1 aromatic heterocycles. The Morgan fingerprint density at radius 1 is 1.24 bits per heavy atom. The van der Waals surface area contributed by atoms with Crippen LogP contribution in [-0.2, 0) is 0 Å². The largest absolute Gasteiger partial charge is 0.468 e. The SMILES string of the molecule is O=C(c1ccccc1Cl)N1CCS[C@@H](c2ccco2)CC1. The predicted molar refractivity (Wildman–Crippen MR) is 85.9 cm³/mol. The first-order chi connectivity index (χ1) is 10.3. The number of hydrogen-bond acceptors (Lipinski definition) is 3. The van der Waals surface area contributed by atoms with E-state index >= 15 is 0 Å². The Labute approximate surface area is 133 Å². The minimum Gasteiger partial charge on any atom is -0.468 e. The van der Waals surface area contributed by atoms with E-state index in [0.717, 1.165) is 31.0 Å². The van der Waals surface area contributed by atoms with Crippen LogP contribution in [0.3, 0.4) is 0 Å². The van der Waals surface area contributed by atoms with Gasteiger partial charge in [0.2, 0.25) is 0 Å². The van der Waals surface area contributed by atoms with E-state index in [1.165, 1.54) is 0 Å². The third-order valence-electron chi connectivity index (χ3n) is 3.59. The van der Waals surface area contributed by atoms with Crippen molar-refractivity contribution in [2.75, 3.05) is 18.8 Å². The fourth-order valence-electron chi connectivity index (χ4n) is 2.48. The average Bonchev–Trinajstić information content (AvgIpc) is 2.92. The minimum atomic E-state index is 0.0151. The lowest BCUT2D eigenvalue weighted by Gasteiger charge is -2.20. The molecule has 1 amide bonds. The van der Waals surface area contributed by atoms with Crippen LogP contribution in [0.15, 0.2) is 47.1 Å². The molecule has 1 fully saturated rings. The molecule has 0 bridgehead atoms. The fourth-order valence-corrected chi connectivity index (χ4v) is 3.88. The van der Waals surface area contributed by atoms with Gasteiger partial charge in [-0.1, -0.05) is 23.7 Å². The molecule has 0 aliphatic carbocycles. The number of furan rings is 1. The molecule has 3 rings (SSSR count). The van der Waals surface area contributed by atoms with Crippen LogP contribution < -0.4 is 0 Å². The van der Waals surface area contributed by atoms with E-state index in [-0.39, 0.29) is 5.91 Å². The third kappa shape index (κ3) is 3.27. The number of thioether (sulfide) groups is 1. The molecule has 0 saturated carbocycles. The van der Waals surface area contributed by atoms with Gasteiger partial charge in [-0.25, -0.2) is 0 Å². The van der Waals surface area contributed by atoms with Crippen LogP contribution in [0.25, 0.3) is 0 Å². The van der Waals surface area contributed by atoms with E-state index < -0.39 is 0 Å². The molecule has 5 heteroatoms. The van der Waals surface area contributed by atoms with Crippen LogP contribution in [-0.4, -0.2) is 29.6 Å². The van der Waals surface area contributed by atoms with Gasteiger partial charge in [-0.2, -0.15) is 0 Å². The zero-order chi connectivity index (χ0) is 14.7. The molecule has 1 aliphatic heterocycles. The first-order valence-corrected chi connectivity index (χ1v) is 8.37. The molecule has 0 spiro atoms. The first-order valence-electron chi connectivity index (χ1n) is 6.94. The Bertz CT molecular complexity index is 614. The summed E-state index contributed by atoms with van der Waals surface area (Å²) in [5.41, 5.74) is 0.584. The Morgan fingerprint density at radius 2 is 2.10 bits per heavy atom. The van der Waals surface area contributed by atoms with Crippen LogP contribution >= 0.6 is 23.4 Å². The number of benzene rings is 1. The van der Waals surface area contributed by atoms with Gasteiger partial charge in [-0.05, 0) is 30.7 Å². The molecule has 2 heterocycles. The Balaban J connectivity index is 1.70. The molecule has 1 aromatic carbocycles. The van der Waals surface area contributed by atoms with Gasteiger partial charge >= 0.3 is 0 Å². The second-order valence-electron chi connectivity index (χ2n) is 4.94. The second kappa shape index (κ2) is 6.58. The van der Waals surface area contributed by atoms with Gasteiger partial charge in [0, 0.05) is 18.8 Å². The monoisotopic (exact) mass is 321 g/mol. The van der Waals surface area contributed by atoms with Crippen LogP contribution in [0.1, 0.15) is 27.8 Å². The number of hydrogen-bond donors (Lipinski definition) is 0. The highest BCUT2D eigenvalue weighted by atomic mass is 35.5. The molecule has 1 atom stereocenters. The number of nitrogens with zero attached hydrogens (tertiary/aromatic N) is 1. The number of carbonyl (C=O) groups is 1. The van der Waals surface area contributed by atoms with Crippen molar-refractivity contribution in [1.82, 2.24) is 4.90 Å². The maximum Gasteiger partial charge on any atom is 0.255 e. The van der Waals surface area contributed by atoms with Crippen molar-refractivity contribution in [2.24, 2.45) is 0 Å². The molecule has 2 aromatic rings. The topological polar surface area (TPSA) is 33.5 Å². The summed E-state index contributed by atoms with van der Waals surface area (Å²) >= 11 is 7.96. The van der Waals surface area contributed by atoms with Crippen LogP contribution in [0.4, 0.5) is 0 Å². The van der Waals surface area contributed by atoms with E-state index in [4.69, 9.17) is 16.0 Å². The predicted octanol–water partition coefficient (Wildman–Crippen LogP) is 4.25. The van der Waals surface area contributed by atoms with Gasteiger partial charge in [-0.3, -0.25) is 4.79 Å². The van der Waals surface area contributed by atoms with Crippen molar-refractivity contribution >= 4 is 29.3 Å². The summed E-state index contributed by atoms with van der Waals surface area (Å²) in [6.07, 6.45) is 2.60. The van der Waals surface area contributed by atoms with E-state index in [1.54, 1.807) is 18.4 Å². The Morgan fingerprint density at radius 3 is 2.86 bits per heavy atom. The molecule has 1 saturated heterocycles. The van der Waals surface area contributed by atoms with Crippen molar-refractivity contribution in [1.29, 1.82) is 0 Å².